The van der Waals surface area contributed by atoms with Crippen molar-refractivity contribution in [2.45, 2.75) is 120 Å². The van der Waals surface area contributed by atoms with E-state index >= 15 is 0 Å². The summed E-state index contributed by atoms with van der Waals surface area (Å²) in [6, 6.07) is -1.91. The zero-order chi connectivity index (χ0) is 42.7. The number of hydrogen-bond acceptors (Lipinski definition) is 5. The van der Waals surface area contributed by atoms with Crippen LogP contribution in [0, 0.1) is 0 Å². The highest BCUT2D eigenvalue weighted by atomic mass is 19.4. The monoisotopic (exact) mass is 838 g/mol. The summed E-state index contributed by atoms with van der Waals surface area (Å²) in [6.07, 6.45) is -3.63. The van der Waals surface area contributed by atoms with Gasteiger partial charge in [-0.1, -0.05) is 65.2 Å². The van der Waals surface area contributed by atoms with Crippen LogP contribution in [-0.4, -0.2) is 67.1 Å². The zero-order valence-corrected chi connectivity index (χ0v) is 28.7. The second kappa shape index (κ2) is 19.3. The summed E-state index contributed by atoms with van der Waals surface area (Å²) < 4.78 is 246. The first-order chi connectivity index (χ1) is 25.1. The van der Waals surface area contributed by atoms with E-state index in [0.717, 1.165) is 44.6 Å². The maximum absolute atomic E-state index is 14.7. The lowest BCUT2D eigenvalue weighted by Crippen LogP contribution is -2.72. The van der Waals surface area contributed by atoms with E-state index in [0.29, 0.717) is 37.8 Å². The minimum atomic E-state index is -8.75. The summed E-state index contributed by atoms with van der Waals surface area (Å²) in [5.74, 6) is -56.6. The van der Waals surface area contributed by atoms with Crippen molar-refractivity contribution < 1.29 is 98.4 Å². The molecule has 0 aromatic heterocycles. The fourth-order valence-electron chi connectivity index (χ4n) is 4.20. The summed E-state index contributed by atoms with van der Waals surface area (Å²) in [7, 11) is 0. The van der Waals surface area contributed by atoms with Crippen molar-refractivity contribution in [3.05, 3.63) is 30.0 Å². The van der Waals surface area contributed by atoms with Crippen molar-refractivity contribution >= 4 is 23.6 Å². The highest BCUT2D eigenvalue weighted by Gasteiger charge is 2.94. The smallest absolute Gasteiger partial charge is 0.449 e. The summed E-state index contributed by atoms with van der Waals surface area (Å²) in [5, 5.41) is 3.78. The van der Waals surface area contributed by atoms with E-state index in [1.807, 2.05) is 24.5 Å². The third-order valence-corrected chi connectivity index (χ3v) is 7.40. The van der Waals surface area contributed by atoms with Gasteiger partial charge in [0.15, 0.2) is 5.75 Å². The molecule has 0 radical (unpaired) electrons. The average molecular weight is 839 g/mol. The van der Waals surface area contributed by atoms with E-state index in [9.17, 15) is 84.2 Å². The number of carbonyl (C=O) groups excluding carboxylic acids is 2. The number of unbranched alkanes of at least 4 members (excludes halogenated alkanes) is 8. The molecular formula is C31H35F17N2O5. The van der Waals surface area contributed by atoms with Crippen molar-refractivity contribution in [3.63, 3.8) is 0 Å². The number of amides is 2. The normalized spacial score (nSPS) is 13.9. The molecule has 318 valence electrons. The molecule has 0 aliphatic carbocycles. The lowest BCUT2D eigenvalue weighted by molar-refractivity contribution is -0.451. The SMILES string of the molecule is CCCCCCCOC(=O)Nc1ccc(NC(=O)OCCCCCCC)c(OC(F)=C(F)C(F)(F)C(F)(F)C(F)(F)C(F)(F)C(F)(F)C(F)(F)C(F)(F)F)c1. The second-order valence-electron chi connectivity index (χ2n) is 11.7. The van der Waals surface area contributed by atoms with Gasteiger partial charge in [-0.05, 0) is 25.0 Å². The van der Waals surface area contributed by atoms with Gasteiger partial charge in [0.2, 0.25) is 5.83 Å². The van der Waals surface area contributed by atoms with Gasteiger partial charge in [0.25, 0.3) is 0 Å². The first-order valence-corrected chi connectivity index (χ1v) is 16.2. The Balaban J connectivity index is 3.53. The van der Waals surface area contributed by atoms with Crippen LogP contribution >= 0.6 is 0 Å². The van der Waals surface area contributed by atoms with Crippen LogP contribution in [0.5, 0.6) is 5.75 Å². The molecule has 0 saturated carbocycles. The lowest BCUT2D eigenvalue weighted by atomic mass is 9.91. The molecule has 0 fully saturated rings. The molecule has 2 N–H and O–H groups in total. The average Bonchev–Trinajstić information content (AvgIpc) is 3.07. The van der Waals surface area contributed by atoms with E-state index in [1.54, 1.807) is 0 Å². The minimum Gasteiger partial charge on any atom is -0.449 e. The Hall–Kier alpha value is -3.89. The summed E-state index contributed by atoms with van der Waals surface area (Å²) in [6.45, 7) is 3.42. The van der Waals surface area contributed by atoms with Crippen molar-refractivity contribution in [3.8, 4) is 5.75 Å². The molecule has 0 saturated heterocycles. The molecule has 0 heterocycles. The minimum absolute atomic E-state index is 0.155. The van der Waals surface area contributed by atoms with Crippen molar-refractivity contribution in [2.75, 3.05) is 23.8 Å². The predicted molar refractivity (Wildman–Crippen MR) is 160 cm³/mol. The van der Waals surface area contributed by atoms with Gasteiger partial charge >= 0.3 is 59.9 Å². The Kier molecular flexibility index (Phi) is 17.2. The number of alkyl halides is 15. The number of halogens is 17. The van der Waals surface area contributed by atoms with Gasteiger partial charge in [0, 0.05) is 11.8 Å². The van der Waals surface area contributed by atoms with Crippen molar-refractivity contribution in [1.82, 2.24) is 0 Å². The quantitative estimate of drug-likeness (QED) is 0.0690. The topological polar surface area (TPSA) is 85.9 Å². The molecule has 55 heavy (non-hydrogen) atoms. The number of anilines is 2. The van der Waals surface area contributed by atoms with Crippen LogP contribution in [0.15, 0.2) is 30.0 Å². The molecule has 0 unspecified atom stereocenters. The number of benzene rings is 1. The number of hydrogen-bond donors (Lipinski definition) is 2. The maximum atomic E-state index is 14.7. The molecule has 7 nitrogen and oxygen atoms in total. The molecule has 0 spiro atoms. The van der Waals surface area contributed by atoms with Crippen LogP contribution in [0.4, 0.5) is 95.6 Å². The molecule has 0 bridgehead atoms. The molecule has 2 amide bonds. The number of rotatable bonds is 22. The molecule has 0 aliphatic heterocycles. The summed E-state index contributed by atoms with van der Waals surface area (Å²) in [5.41, 5.74) is -1.51. The fraction of sp³-hybridized carbons (Fsp3) is 0.677. The molecule has 0 atom stereocenters. The lowest BCUT2D eigenvalue weighted by Gasteiger charge is -2.41. The van der Waals surface area contributed by atoms with E-state index in [-0.39, 0.29) is 13.2 Å². The third kappa shape index (κ3) is 11.3. The van der Waals surface area contributed by atoms with Crippen LogP contribution < -0.4 is 15.4 Å². The highest BCUT2D eigenvalue weighted by molar-refractivity contribution is 5.89. The molecular weight excluding hydrogens is 803 g/mol. The van der Waals surface area contributed by atoms with Crippen molar-refractivity contribution in [1.29, 1.82) is 0 Å². The zero-order valence-electron chi connectivity index (χ0n) is 28.7. The van der Waals surface area contributed by atoms with Crippen molar-refractivity contribution in [2.24, 2.45) is 0 Å². The van der Waals surface area contributed by atoms with Crippen LogP contribution in [0.3, 0.4) is 0 Å². The van der Waals surface area contributed by atoms with Crippen LogP contribution in [0.25, 0.3) is 0 Å². The molecule has 24 heteroatoms. The first-order valence-electron chi connectivity index (χ1n) is 16.2. The van der Waals surface area contributed by atoms with Gasteiger partial charge in [-0.25, -0.2) is 9.59 Å². The largest absolute Gasteiger partial charge is 0.460 e. The Morgan fingerprint density at radius 2 is 0.982 bits per heavy atom. The van der Waals surface area contributed by atoms with Gasteiger partial charge in [0.05, 0.1) is 18.9 Å². The summed E-state index contributed by atoms with van der Waals surface area (Å²) in [4.78, 5) is 24.4. The molecule has 1 aromatic carbocycles. The Morgan fingerprint density at radius 3 is 1.44 bits per heavy atom. The standard InChI is InChI=1S/C31H35F17N2O5/c1-3-5-7-9-11-15-53-23(51)49-18-13-14-19(50-24(52)54-16-12-10-8-6-4-2)20(17-18)55-22(33)21(32)25(34,35)26(36,37)27(38,39)28(40,41)29(42,43)30(44,45)31(46,47)48/h13-14,17H,3-12,15-16H2,1-2H3,(H,49,51)(H,50,52). The van der Waals surface area contributed by atoms with Gasteiger partial charge in [0.1, 0.15) is 0 Å². The number of ether oxygens (including phenoxy) is 3. The highest BCUT2D eigenvalue weighted by Crippen LogP contribution is 2.63. The third-order valence-electron chi connectivity index (χ3n) is 7.40. The van der Waals surface area contributed by atoms with E-state index in [2.05, 4.69) is 4.74 Å². The molecule has 1 rings (SSSR count). The van der Waals surface area contributed by atoms with Crippen LogP contribution in [0.2, 0.25) is 0 Å². The fourth-order valence-corrected chi connectivity index (χ4v) is 4.20. The first kappa shape index (κ1) is 49.1. The maximum Gasteiger partial charge on any atom is 0.460 e. The van der Waals surface area contributed by atoms with Gasteiger partial charge in [-0.3, -0.25) is 10.6 Å². The Labute approximate surface area is 301 Å². The summed E-state index contributed by atoms with van der Waals surface area (Å²) >= 11 is 0. The number of carbonyl (C=O) groups is 2. The van der Waals surface area contributed by atoms with Crippen LogP contribution in [-0.2, 0) is 9.47 Å². The molecule has 0 aliphatic rings. The van der Waals surface area contributed by atoms with Gasteiger partial charge in [-0.2, -0.15) is 74.6 Å². The van der Waals surface area contributed by atoms with Crippen LogP contribution in [0.1, 0.15) is 78.1 Å². The predicted octanol–water partition coefficient (Wildman–Crippen LogP) is 12.6. The number of allylic oxidation sites excluding steroid dienone is 1. The Morgan fingerprint density at radius 1 is 0.564 bits per heavy atom. The second-order valence-corrected chi connectivity index (χ2v) is 11.7. The van der Waals surface area contributed by atoms with E-state index < -0.39 is 82.9 Å². The van der Waals surface area contributed by atoms with Gasteiger partial charge in [-0.15, -0.1) is 0 Å². The Bertz CT molecular complexity index is 1450. The van der Waals surface area contributed by atoms with E-state index in [4.69, 9.17) is 9.47 Å². The molecule has 1 aromatic rings. The number of nitrogens with one attached hydrogen (secondary N) is 2. The van der Waals surface area contributed by atoms with E-state index in [1.165, 1.54) is 0 Å². The van der Waals surface area contributed by atoms with Gasteiger partial charge < -0.3 is 14.2 Å².